The van der Waals surface area contributed by atoms with Crippen molar-refractivity contribution in [3.63, 3.8) is 0 Å². The van der Waals surface area contributed by atoms with Crippen LogP contribution in [0.1, 0.15) is 39.2 Å². The highest BCUT2D eigenvalue weighted by Gasteiger charge is 2.43. The fraction of sp³-hybridized carbons (Fsp3) is 0.500. The summed E-state index contributed by atoms with van der Waals surface area (Å²) in [6.45, 7) is 5.69. The highest BCUT2D eigenvalue weighted by molar-refractivity contribution is 6.08. The van der Waals surface area contributed by atoms with E-state index < -0.39 is 5.54 Å². The van der Waals surface area contributed by atoms with Crippen molar-refractivity contribution in [1.29, 1.82) is 0 Å². The SMILES string of the molecule is COC(=O)CC[C@@]1(C)N=C(c2ccccc2)[C@H](C(C)C)OC1=O. The molecule has 0 spiro atoms. The van der Waals surface area contributed by atoms with Gasteiger partial charge in [0.25, 0.3) is 0 Å². The first-order chi connectivity index (χ1) is 10.9. The molecule has 0 bridgehead atoms. The maximum absolute atomic E-state index is 12.4. The van der Waals surface area contributed by atoms with Crippen LogP contribution in [0.15, 0.2) is 35.3 Å². The Morgan fingerprint density at radius 3 is 2.57 bits per heavy atom. The van der Waals surface area contributed by atoms with Crippen molar-refractivity contribution in [1.82, 2.24) is 0 Å². The number of hydrogen-bond acceptors (Lipinski definition) is 5. The Hall–Kier alpha value is -2.17. The van der Waals surface area contributed by atoms with Crippen LogP contribution in [0, 0.1) is 5.92 Å². The molecule has 0 saturated heterocycles. The van der Waals surface area contributed by atoms with Crippen LogP contribution in [-0.2, 0) is 19.1 Å². The molecule has 5 heteroatoms. The number of ether oxygens (including phenoxy) is 2. The molecule has 1 aliphatic rings. The predicted molar refractivity (Wildman–Crippen MR) is 87.4 cm³/mol. The Morgan fingerprint density at radius 1 is 1.35 bits per heavy atom. The number of rotatable bonds is 5. The van der Waals surface area contributed by atoms with Gasteiger partial charge in [-0.05, 0) is 24.8 Å². The zero-order valence-corrected chi connectivity index (χ0v) is 14.0. The number of carbonyl (C=O) groups excluding carboxylic acids is 2. The molecule has 0 saturated carbocycles. The maximum Gasteiger partial charge on any atom is 0.334 e. The second kappa shape index (κ2) is 6.94. The predicted octanol–water partition coefficient (Wildman–Crippen LogP) is 2.77. The molecule has 0 unspecified atom stereocenters. The van der Waals surface area contributed by atoms with Crippen LogP contribution in [0.4, 0.5) is 0 Å². The first kappa shape index (κ1) is 17.2. The van der Waals surface area contributed by atoms with E-state index in [0.717, 1.165) is 11.3 Å². The summed E-state index contributed by atoms with van der Waals surface area (Å²) in [4.78, 5) is 28.5. The van der Waals surface area contributed by atoms with Crippen molar-refractivity contribution in [2.45, 2.75) is 45.3 Å². The van der Waals surface area contributed by atoms with Crippen LogP contribution in [0.3, 0.4) is 0 Å². The lowest BCUT2D eigenvalue weighted by atomic mass is 9.89. The van der Waals surface area contributed by atoms with Crippen molar-refractivity contribution in [2.24, 2.45) is 10.9 Å². The molecule has 1 heterocycles. The molecular weight excluding hydrogens is 294 g/mol. The van der Waals surface area contributed by atoms with Crippen LogP contribution in [0.2, 0.25) is 0 Å². The van der Waals surface area contributed by atoms with Crippen molar-refractivity contribution < 1.29 is 19.1 Å². The molecule has 2 rings (SSSR count). The van der Waals surface area contributed by atoms with Crippen LogP contribution in [0.25, 0.3) is 0 Å². The smallest absolute Gasteiger partial charge is 0.334 e. The second-order valence-electron chi connectivity index (χ2n) is 6.28. The second-order valence-corrected chi connectivity index (χ2v) is 6.28. The number of carbonyl (C=O) groups is 2. The minimum atomic E-state index is -1.06. The lowest BCUT2D eigenvalue weighted by Crippen LogP contribution is -2.48. The van der Waals surface area contributed by atoms with E-state index in [9.17, 15) is 9.59 Å². The summed E-state index contributed by atoms with van der Waals surface area (Å²) in [5.41, 5.74) is 0.626. The molecule has 5 nitrogen and oxygen atoms in total. The Bertz CT molecular complexity index is 609. The summed E-state index contributed by atoms with van der Waals surface area (Å²) in [6, 6.07) is 9.69. The van der Waals surface area contributed by atoms with Gasteiger partial charge in [0.1, 0.15) is 6.10 Å². The van der Waals surface area contributed by atoms with Gasteiger partial charge in [-0.3, -0.25) is 9.79 Å². The van der Waals surface area contributed by atoms with E-state index in [0.29, 0.717) is 0 Å². The van der Waals surface area contributed by atoms with Gasteiger partial charge >= 0.3 is 11.9 Å². The number of methoxy groups -OCH3 is 1. The number of hydrogen-bond donors (Lipinski definition) is 0. The molecule has 23 heavy (non-hydrogen) atoms. The largest absolute Gasteiger partial charge is 0.469 e. The molecule has 1 aliphatic heterocycles. The normalized spacial score (nSPS) is 24.1. The van der Waals surface area contributed by atoms with Gasteiger partial charge in [0.15, 0.2) is 5.54 Å². The minimum Gasteiger partial charge on any atom is -0.469 e. The number of esters is 2. The molecule has 0 radical (unpaired) electrons. The zero-order chi connectivity index (χ0) is 17.0. The Morgan fingerprint density at radius 2 is 2.00 bits per heavy atom. The van der Waals surface area contributed by atoms with E-state index >= 15 is 0 Å². The lowest BCUT2D eigenvalue weighted by molar-refractivity contribution is -0.156. The van der Waals surface area contributed by atoms with E-state index in [-0.39, 0.29) is 36.8 Å². The van der Waals surface area contributed by atoms with Gasteiger partial charge < -0.3 is 9.47 Å². The summed E-state index contributed by atoms with van der Waals surface area (Å²) >= 11 is 0. The third-order valence-corrected chi connectivity index (χ3v) is 4.03. The number of aliphatic imine (C=N–C) groups is 1. The molecule has 0 N–H and O–H groups in total. The minimum absolute atomic E-state index is 0.114. The zero-order valence-electron chi connectivity index (χ0n) is 14.0. The van der Waals surface area contributed by atoms with Gasteiger partial charge in [-0.15, -0.1) is 0 Å². The van der Waals surface area contributed by atoms with Gasteiger partial charge in [-0.25, -0.2) is 4.79 Å². The Balaban J connectivity index is 2.38. The number of cyclic esters (lactones) is 1. The van der Waals surface area contributed by atoms with Crippen LogP contribution >= 0.6 is 0 Å². The summed E-state index contributed by atoms with van der Waals surface area (Å²) in [5.74, 6) is -0.635. The summed E-state index contributed by atoms with van der Waals surface area (Å²) in [5, 5.41) is 0. The Kier molecular flexibility index (Phi) is 5.19. The fourth-order valence-corrected chi connectivity index (χ4v) is 2.57. The summed E-state index contributed by atoms with van der Waals surface area (Å²) in [6.07, 6.45) is 0.00995. The maximum atomic E-state index is 12.4. The molecule has 1 aromatic rings. The topological polar surface area (TPSA) is 65.0 Å². The summed E-state index contributed by atoms with van der Waals surface area (Å²) in [7, 11) is 1.33. The highest BCUT2D eigenvalue weighted by atomic mass is 16.5. The van der Waals surface area contributed by atoms with E-state index in [2.05, 4.69) is 4.74 Å². The number of nitrogens with zero attached hydrogens (tertiary/aromatic N) is 1. The van der Waals surface area contributed by atoms with E-state index in [1.54, 1.807) is 6.92 Å². The highest BCUT2D eigenvalue weighted by Crippen LogP contribution is 2.30. The molecule has 0 fully saturated rings. The first-order valence-electron chi connectivity index (χ1n) is 7.80. The third-order valence-electron chi connectivity index (χ3n) is 4.03. The van der Waals surface area contributed by atoms with Gasteiger partial charge in [-0.1, -0.05) is 44.2 Å². The van der Waals surface area contributed by atoms with Crippen molar-refractivity contribution in [3.8, 4) is 0 Å². The third kappa shape index (κ3) is 3.78. The van der Waals surface area contributed by atoms with Gasteiger partial charge in [-0.2, -0.15) is 0 Å². The van der Waals surface area contributed by atoms with Crippen LogP contribution in [-0.4, -0.2) is 36.4 Å². The molecule has 124 valence electrons. The summed E-state index contributed by atoms with van der Waals surface area (Å²) < 4.78 is 10.3. The molecular formula is C18H23NO4. The average Bonchev–Trinajstić information content (AvgIpc) is 2.55. The first-order valence-corrected chi connectivity index (χ1v) is 7.80. The van der Waals surface area contributed by atoms with Gasteiger partial charge in [0.2, 0.25) is 0 Å². The molecule has 2 atom stereocenters. The molecule has 0 aromatic heterocycles. The van der Waals surface area contributed by atoms with Gasteiger partial charge in [0.05, 0.1) is 12.8 Å². The molecule has 1 aromatic carbocycles. The Labute approximate surface area is 136 Å². The fourth-order valence-electron chi connectivity index (χ4n) is 2.57. The monoisotopic (exact) mass is 317 g/mol. The molecule has 0 aliphatic carbocycles. The quantitative estimate of drug-likeness (QED) is 0.783. The van der Waals surface area contributed by atoms with Crippen molar-refractivity contribution in [2.75, 3.05) is 7.11 Å². The molecule has 0 amide bonds. The number of benzene rings is 1. The van der Waals surface area contributed by atoms with E-state index in [1.165, 1.54) is 7.11 Å². The van der Waals surface area contributed by atoms with E-state index in [4.69, 9.17) is 9.73 Å². The standard InChI is InChI=1S/C18H23NO4/c1-12(2)16-15(13-8-6-5-7-9-13)19-18(3,17(21)23-16)11-10-14(20)22-4/h5-9,12,16H,10-11H2,1-4H3/t16-,18+/m0/s1. The van der Waals surface area contributed by atoms with Gasteiger partial charge in [0, 0.05) is 6.42 Å². The average molecular weight is 317 g/mol. The van der Waals surface area contributed by atoms with Crippen LogP contribution in [0.5, 0.6) is 0 Å². The van der Waals surface area contributed by atoms with E-state index in [1.807, 2.05) is 44.2 Å². The van der Waals surface area contributed by atoms with Crippen LogP contribution < -0.4 is 0 Å². The van der Waals surface area contributed by atoms with Crippen molar-refractivity contribution in [3.05, 3.63) is 35.9 Å². The lowest BCUT2D eigenvalue weighted by Gasteiger charge is -2.35. The van der Waals surface area contributed by atoms with Crippen molar-refractivity contribution >= 4 is 17.7 Å².